The van der Waals surface area contributed by atoms with Crippen LogP contribution in [0.4, 0.5) is 0 Å². The van der Waals surface area contributed by atoms with Gasteiger partial charge in [0.1, 0.15) is 6.07 Å². The van der Waals surface area contributed by atoms with E-state index in [2.05, 4.69) is 13.0 Å². The molecule has 1 nitrogen and oxygen atoms in total. The fourth-order valence-corrected chi connectivity index (χ4v) is 2.32. The third kappa shape index (κ3) is 2.57. The van der Waals surface area contributed by atoms with E-state index in [-0.39, 0.29) is 0 Å². The summed E-state index contributed by atoms with van der Waals surface area (Å²) in [6.45, 7) is 2.10. The Hall–Kier alpha value is -0.420. The van der Waals surface area contributed by atoms with E-state index in [9.17, 15) is 0 Å². The predicted octanol–water partition coefficient (Wildman–Crippen LogP) is 3.48. The molecule has 0 aromatic carbocycles. The Bertz CT molecular complexity index is 204. The molecule has 1 saturated carbocycles. The van der Waals surface area contributed by atoms with E-state index < -0.39 is 0 Å². The second-order valence-corrected chi connectivity index (χ2v) is 4.31. The van der Waals surface area contributed by atoms with Gasteiger partial charge in [-0.1, -0.05) is 13.3 Å². The summed E-state index contributed by atoms with van der Waals surface area (Å²) in [6.07, 6.45) is 6.24. The standard InChI is InChI=1S/C10H15NS/c1-2-12-10(8-11)9-6-4-3-5-7-9/h2-7H2,1H3. The van der Waals surface area contributed by atoms with Crippen LogP contribution in [0.1, 0.15) is 39.0 Å². The zero-order valence-electron chi connectivity index (χ0n) is 7.60. The number of nitriles is 1. The Morgan fingerprint density at radius 1 is 1.42 bits per heavy atom. The van der Waals surface area contributed by atoms with E-state index in [1.165, 1.54) is 24.8 Å². The van der Waals surface area contributed by atoms with Crippen molar-refractivity contribution in [2.45, 2.75) is 39.0 Å². The summed E-state index contributed by atoms with van der Waals surface area (Å²) in [5.74, 6) is 1.02. The molecule has 0 saturated heterocycles. The lowest BCUT2D eigenvalue weighted by molar-refractivity contribution is 0.598. The first-order valence-electron chi connectivity index (χ1n) is 4.63. The Morgan fingerprint density at radius 3 is 2.58 bits per heavy atom. The van der Waals surface area contributed by atoms with Crippen molar-refractivity contribution in [3.05, 3.63) is 10.5 Å². The van der Waals surface area contributed by atoms with Crippen LogP contribution in [0.15, 0.2) is 10.5 Å². The summed E-state index contributed by atoms with van der Waals surface area (Å²) < 4.78 is 0. The van der Waals surface area contributed by atoms with Gasteiger partial charge in [0, 0.05) is 0 Å². The van der Waals surface area contributed by atoms with Crippen molar-refractivity contribution in [3.63, 3.8) is 0 Å². The first-order valence-corrected chi connectivity index (χ1v) is 5.62. The van der Waals surface area contributed by atoms with Crippen molar-refractivity contribution in [2.24, 2.45) is 0 Å². The molecule has 1 aliphatic carbocycles. The lowest BCUT2D eigenvalue weighted by Gasteiger charge is -2.14. The summed E-state index contributed by atoms with van der Waals surface area (Å²) in [4.78, 5) is 0.997. The highest BCUT2D eigenvalue weighted by Crippen LogP contribution is 2.30. The minimum Gasteiger partial charge on any atom is -0.192 e. The van der Waals surface area contributed by atoms with Crippen LogP contribution in [0.5, 0.6) is 0 Å². The quantitative estimate of drug-likeness (QED) is 0.609. The second-order valence-electron chi connectivity index (χ2n) is 3.04. The highest BCUT2D eigenvalue weighted by Gasteiger charge is 2.10. The highest BCUT2D eigenvalue weighted by atomic mass is 32.2. The molecule has 0 aliphatic heterocycles. The van der Waals surface area contributed by atoms with Crippen LogP contribution >= 0.6 is 11.8 Å². The van der Waals surface area contributed by atoms with Gasteiger partial charge in [0.25, 0.3) is 0 Å². The molecule has 0 aromatic rings. The van der Waals surface area contributed by atoms with Gasteiger partial charge in [0.2, 0.25) is 0 Å². The topological polar surface area (TPSA) is 23.8 Å². The summed E-state index contributed by atoms with van der Waals surface area (Å²) in [6, 6.07) is 2.32. The molecule has 2 heteroatoms. The van der Waals surface area contributed by atoms with E-state index in [1.54, 1.807) is 11.8 Å². The first kappa shape index (κ1) is 9.67. The number of hydrogen-bond acceptors (Lipinski definition) is 2. The molecule has 0 unspecified atom stereocenters. The molecule has 0 aromatic heterocycles. The van der Waals surface area contributed by atoms with Gasteiger partial charge < -0.3 is 0 Å². The van der Waals surface area contributed by atoms with Crippen LogP contribution in [0.25, 0.3) is 0 Å². The predicted molar refractivity (Wildman–Crippen MR) is 53.9 cm³/mol. The maximum absolute atomic E-state index is 8.88. The smallest absolute Gasteiger partial charge is 0.106 e. The minimum atomic E-state index is 0.997. The summed E-state index contributed by atoms with van der Waals surface area (Å²) in [7, 11) is 0. The van der Waals surface area contributed by atoms with Crippen LogP contribution in [0.2, 0.25) is 0 Å². The zero-order valence-corrected chi connectivity index (χ0v) is 8.41. The molecule has 0 N–H and O–H groups in total. The molecular formula is C10H15NS. The molecule has 0 heterocycles. The van der Waals surface area contributed by atoms with Gasteiger partial charge in [-0.25, -0.2) is 0 Å². The zero-order chi connectivity index (χ0) is 8.81. The molecule has 0 bridgehead atoms. The number of rotatable bonds is 2. The number of nitrogens with zero attached hydrogens (tertiary/aromatic N) is 1. The molecule has 1 rings (SSSR count). The maximum Gasteiger partial charge on any atom is 0.106 e. The summed E-state index contributed by atoms with van der Waals surface area (Å²) in [5.41, 5.74) is 1.41. The van der Waals surface area contributed by atoms with Gasteiger partial charge in [-0.3, -0.25) is 0 Å². The average molecular weight is 181 g/mol. The van der Waals surface area contributed by atoms with Crippen LogP contribution in [0.3, 0.4) is 0 Å². The Labute approximate surface area is 78.8 Å². The van der Waals surface area contributed by atoms with Crippen LogP contribution < -0.4 is 0 Å². The van der Waals surface area contributed by atoms with Crippen LogP contribution in [-0.2, 0) is 0 Å². The monoisotopic (exact) mass is 181 g/mol. The summed E-state index contributed by atoms with van der Waals surface area (Å²) >= 11 is 1.70. The lowest BCUT2D eigenvalue weighted by atomic mass is 9.95. The van der Waals surface area contributed by atoms with Crippen molar-refractivity contribution in [1.29, 1.82) is 5.26 Å². The summed E-state index contributed by atoms with van der Waals surface area (Å²) in [5, 5.41) is 8.88. The largest absolute Gasteiger partial charge is 0.192 e. The molecule has 1 aliphatic rings. The maximum atomic E-state index is 8.88. The van der Waals surface area contributed by atoms with Crippen molar-refractivity contribution in [2.75, 3.05) is 5.75 Å². The number of hydrogen-bond donors (Lipinski definition) is 0. The molecule has 1 fully saturated rings. The van der Waals surface area contributed by atoms with Crippen molar-refractivity contribution >= 4 is 11.8 Å². The van der Waals surface area contributed by atoms with Crippen LogP contribution in [-0.4, -0.2) is 5.75 Å². The molecule has 0 amide bonds. The van der Waals surface area contributed by atoms with E-state index in [1.807, 2.05) is 0 Å². The normalized spacial score (nSPS) is 17.2. The number of allylic oxidation sites excluding steroid dienone is 2. The van der Waals surface area contributed by atoms with Gasteiger partial charge >= 0.3 is 0 Å². The van der Waals surface area contributed by atoms with E-state index in [4.69, 9.17) is 5.26 Å². The van der Waals surface area contributed by atoms with E-state index >= 15 is 0 Å². The highest BCUT2D eigenvalue weighted by molar-refractivity contribution is 8.03. The van der Waals surface area contributed by atoms with Gasteiger partial charge in [-0.05, 0) is 37.0 Å². The van der Waals surface area contributed by atoms with Crippen molar-refractivity contribution < 1.29 is 0 Å². The SMILES string of the molecule is CCSC(C#N)=C1CCCCC1. The Kier molecular flexibility index (Phi) is 4.24. The first-order chi connectivity index (χ1) is 5.88. The third-order valence-electron chi connectivity index (χ3n) is 2.17. The van der Waals surface area contributed by atoms with Gasteiger partial charge in [-0.2, -0.15) is 5.26 Å². The van der Waals surface area contributed by atoms with Crippen molar-refractivity contribution in [3.8, 4) is 6.07 Å². The Balaban J connectivity index is 2.63. The van der Waals surface area contributed by atoms with Gasteiger partial charge in [-0.15, -0.1) is 11.8 Å². The van der Waals surface area contributed by atoms with E-state index in [0.717, 1.165) is 23.5 Å². The molecule has 0 radical (unpaired) electrons. The second kappa shape index (κ2) is 5.27. The molecular weight excluding hydrogens is 166 g/mol. The van der Waals surface area contributed by atoms with Gasteiger partial charge in [0.05, 0.1) is 4.91 Å². The van der Waals surface area contributed by atoms with Gasteiger partial charge in [0.15, 0.2) is 0 Å². The average Bonchev–Trinajstić information content (AvgIpc) is 2.15. The number of thioether (sulfide) groups is 1. The molecule has 12 heavy (non-hydrogen) atoms. The molecule has 66 valence electrons. The minimum absolute atomic E-state index is 0.997. The van der Waals surface area contributed by atoms with E-state index in [0.29, 0.717) is 0 Å². The molecule has 0 spiro atoms. The fourth-order valence-electron chi connectivity index (χ4n) is 1.56. The molecule has 0 atom stereocenters. The van der Waals surface area contributed by atoms with Crippen molar-refractivity contribution in [1.82, 2.24) is 0 Å². The lowest BCUT2D eigenvalue weighted by Crippen LogP contribution is -1.96. The third-order valence-corrected chi connectivity index (χ3v) is 3.13. The Morgan fingerprint density at radius 2 is 2.08 bits per heavy atom. The fraction of sp³-hybridized carbons (Fsp3) is 0.700. The van der Waals surface area contributed by atoms with Crippen LogP contribution in [0, 0.1) is 11.3 Å².